The van der Waals surface area contributed by atoms with Crippen molar-refractivity contribution in [3.05, 3.63) is 0 Å². The number of likely N-dealkylation sites (N-methyl/N-ethyl adjacent to an activating group) is 1. The maximum absolute atomic E-state index is 11.6. The molecule has 88 valence electrons. The Bertz CT molecular complexity index is 218. The Morgan fingerprint density at radius 2 is 2.00 bits per heavy atom. The number of carbonyl (C=O) groups excluding carboxylic acids is 1. The minimum atomic E-state index is 0.173. The molecule has 1 saturated heterocycles. The van der Waals surface area contributed by atoms with Gasteiger partial charge in [0.2, 0.25) is 0 Å². The van der Waals surface area contributed by atoms with Gasteiger partial charge >= 0.3 is 6.03 Å². The smallest absolute Gasteiger partial charge is 0.319 e. The molecule has 0 aliphatic carbocycles. The molecule has 0 saturated carbocycles. The molecule has 1 fully saturated rings. The molecule has 0 bridgehead atoms. The third kappa shape index (κ3) is 3.70. The lowest BCUT2D eigenvalue weighted by Gasteiger charge is -2.21. The molecule has 4 nitrogen and oxygen atoms in total. The predicted molar refractivity (Wildman–Crippen MR) is 61.9 cm³/mol. The van der Waals surface area contributed by atoms with E-state index in [0.717, 1.165) is 26.2 Å². The molecule has 2 amide bonds. The monoisotopic (exact) mass is 213 g/mol. The van der Waals surface area contributed by atoms with E-state index in [1.807, 2.05) is 11.9 Å². The number of hydrogen-bond acceptors (Lipinski definition) is 2. The van der Waals surface area contributed by atoms with E-state index in [1.54, 1.807) is 4.90 Å². The third-order valence-corrected chi connectivity index (χ3v) is 2.71. The molecule has 1 atom stereocenters. The minimum absolute atomic E-state index is 0.173. The number of urea groups is 1. The summed E-state index contributed by atoms with van der Waals surface area (Å²) in [5.74, 6) is 0.517. The zero-order valence-electron chi connectivity index (χ0n) is 10.3. The Labute approximate surface area is 92.6 Å². The summed E-state index contributed by atoms with van der Waals surface area (Å²) in [4.78, 5) is 15.3. The van der Waals surface area contributed by atoms with Crippen molar-refractivity contribution in [2.75, 3.05) is 33.2 Å². The Hall–Kier alpha value is -0.770. The second-order valence-electron chi connectivity index (χ2n) is 4.82. The van der Waals surface area contributed by atoms with Crippen LogP contribution in [0.5, 0.6) is 0 Å². The minimum Gasteiger partial charge on any atom is -0.326 e. The van der Waals surface area contributed by atoms with E-state index in [9.17, 15) is 4.79 Å². The molecule has 1 unspecified atom stereocenters. The molecule has 1 rings (SSSR count). The highest BCUT2D eigenvalue weighted by atomic mass is 16.2. The molecule has 1 aliphatic heterocycles. The molecule has 15 heavy (non-hydrogen) atoms. The van der Waals surface area contributed by atoms with Crippen molar-refractivity contribution in [1.82, 2.24) is 15.1 Å². The second-order valence-corrected chi connectivity index (χ2v) is 4.82. The molecule has 0 radical (unpaired) electrons. The Morgan fingerprint density at radius 3 is 2.47 bits per heavy atom. The van der Waals surface area contributed by atoms with Crippen LogP contribution in [0.1, 0.15) is 20.8 Å². The van der Waals surface area contributed by atoms with Crippen molar-refractivity contribution < 1.29 is 4.79 Å². The Balaban J connectivity index is 2.26. The normalized spacial score (nSPS) is 19.1. The standard InChI is InChI=1S/C11H23N3O/c1-9(2)12-7-10(3)8-14-6-5-13(4)11(14)15/h9-10,12H,5-8H2,1-4H3. The molecular weight excluding hydrogens is 190 g/mol. The van der Waals surface area contributed by atoms with E-state index >= 15 is 0 Å². The fraction of sp³-hybridized carbons (Fsp3) is 0.909. The average molecular weight is 213 g/mol. The zero-order valence-corrected chi connectivity index (χ0v) is 10.3. The summed E-state index contributed by atoms with van der Waals surface area (Å²) in [6, 6.07) is 0.691. The number of nitrogens with one attached hydrogen (secondary N) is 1. The maximum atomic E-state index is 11.6. The topological polar surface area (TPSA) is 35.6 Å². The molecule has 0 aromatic heterocycles. The van der Waals surface area contributed by atoms with Crippen molar-refractivity contribution in [3.63, 3.8) is 0 Å². The van der Waals surface area contributed by atoms with Crippen molar-refractivity contribution in [2.45, 2.75) is 26.8 Å². The van der Waals surface area contributed by atoms with Gasteiger partial charge in [0.1, 0.15) is 0 Å². The molecule has 1 heterocycles. The van der Waals surface area contributed by atoms with E-state index in [4.69, 9.17) is 0 Å². The molecule has 1 N–H and O–H groups in total. The van der Waals surface area contributed by atoms with Crippen LogP contribution in [0.3, 0.4) is 0 Å². The fourth-order valence-electron chi connectivity index (χ4n) is 1.75. The van der Waals surface area contributed by atoms with Gasteiger partial charge in [0, 0.05) is 32.7 Å². The van der Waals surface area contributed by atoms with Crippen LogP contribution < -0.4 is 5.32 Å². The van der Waals surface area contributed by atoms with Crippen molar-refractivity contribution >= 4 is 6.03 Å². The first-order valence-corrected chi connectivity index (χ1v) is 5.74. The van der Waals surface area contributed by atoms with Crippen LogP contribution in [0.2, 0.25) is 0 Å². The fourth-order valence-corrected chi connectivity index (χ4v) is 1.75. The van der Waals surface area contributed by atoms with Crippen LogP contribution in [-0.4, -0.2) is 55.1 Å². The summed E-state index contributed by atoms with van der Waals surface area (Å²) in [6.45, 7) is 10.0. The van der Waals surface area contributed by atoms with Gasteiger partial charge in [0.05, 0.1) is 0 Å². The van der Waals surface area contributed by atoms with Gasteiger partial charge in [-0.05, 0) is 12.5 Å². The highest BCUT2D eigenvalue weighted by Gasteiger charge is 2.25. The van der Waals surface area contributed by atoms with Crippen LogP contribution in [-0.2, 0) is 0 Å². The van der Waals surface area contributed by atoms with Crippen molar-refractivity contribution in [2.24, 2.45) is 5.92 Å². The molecule has 0 aromatic rings. The number of carbonyl (C=O) groups is 1. The van der Waals surface area contributed by atoms with Gasteiger partial charge in [0.25, 0.3) is 0 Å². The van der Waals surface area contributed by atoms with Crippen molar-refractivity contribution in [1.29, 1.82) is 0 Å². The van der Waals surface area contributed by atoms with Crippen LogP contribution in [0.15, 0.2) is 0 Å². The number of hydrogen-bond donors (Lipinski definition) is 1. The first kappa shape index (κ1) is 12.3. The summed E-state index contributed by atoms with van der Waals surface area (Å²) < 4.78 is 0. The van der Waals surface area contributed by atoms with Crippen LogP contribution >= 0.6 is 0 Å². The van der Waals surface area contributed by atoms with Gasteiger partial charge in [-0.3, -0.25) is 0 Å². The average Bonchev–Trinajstić information content (AvgIpc) is 2.47. The highest BCUT2D eigenvalue weighted by molar-refractivity contribution is 5.76. The highest BCUT2D eigenvalue weighted by Crippen LogP contribution is 2.08. The summed E-state index contributed by atoms with van der Waals surface area (Å²) >= 11 is 0. The van der Waals surface area contributed by atoms with Gasteiger partial charge in [-0.1, -0.05) is 20.8 Å². The third-order valence-electron chi connectivity index (χ3n) is 2.71. The van der Waals surface area contributed by atoms with Gasteiger partial charge in [-0.25, -0.2) is 4.79 Å². The van der Waals surface area contributed by atoms with Gasteiger partial charge in [-0.15, -0.1) is 0 Å². The summed E-state index contributed by atoms with van der Waals surface area (Å²) in [7, 11) is 1.86. The lowest BCUT2D eigenvalue weighted by molar-refractivity contribution is 0.192. The van der Waals surface area contributed by atoms with Crippen molar-refractivity contribution in [3.8, 4) is 0 Å². The summed E-state index contributed by atoms with van der Waals surface area (Å²) in [5, 5.41) is 3.39. The molecule has 4 heteroatoms. The molecule has 1 aliphatic rings. The van der Waals surface area contributed by atoms with Crippen LogP contribution in [0.25, 0.3) is 0 Å². The maximum Gasteiger partial charge on any atom is 0.319 e. The number of rotatable bonds is 5. The first-order valence-electron chi connectivity index (χ1n) is 5.74. The zero-order chi connectivity index (χ0) is 11.4. The van der Waals surface area contributed by atoms with E-state index < -0.39 is 0 Å². The first-order chi connectivity index (χ1) is 7.00. The SMILES string of the molecule is CC(CNC(C)C)CN1CCN(C)C1=O. The van der Waals surface area contributed by atoms with Gasteiger partial charge < -0.3 is 15.1 Å². The number of nitrogens with zero attached hydrogens (tertiary/aromatic N) is 2. The molecule has 0 aromatic carbocycles. The largest absolute Gasteiger partial charge is 0.326 e. The van der Waals surface area contributed by atoms with Gasteiger partial charge in [-0.2, -0.15) is 0 Å². The predicted octanol–water partition coefficient (Wildman–Crippen LogP) is 0.988. The van der Waals surface area contributed by atoms with E-state index in [-0.39, 0.29) is 6.03 Å². The van der Waals surface area contributed by atoms with E-state index in [1.165, 1.54) is 0 Å². The molecule has 0 spiro atoms. The molecular formula is C11H23N3O. The lowest BCUT2D eigenvalue weighted by Crippen LogP contribution is -2.37. The van der Waals surface area contributed by atoms with E-state index in [2.05, 4.69) is 26.1 Å². The van der Waals surface area contributed by atoms with Crippen LogP contribution in [0.4, 0.5) is 4.79 Å². The summed E-state index contributed by atoms with van der Waals surface area (Å²) in [6.07, 6.45) is 0. The van der Waals surface area contributed by atoms with E-state index in [0.29, 0.717) is 12.0 Å². The quantitative estimate of drug-likeness (QED) is 0.739. The van der Waals surface area contributed by atoms with Crippen LogP contribution in [0, 0.1) is 5.92 Å². The second kappa shape index (κ2) is 5.35. The summed E-state index contributed by atoms with van der Waals surface area (Å²) in [5.41, 5.74) is 0. The van der Waals surface area contributed by atoms with Gasteiger partial charge in [0.15, 0.2) is 0 Å². The Morgan fingerprint density at radius 1 is 1.33 bits per heavy atom. The number of amides is 2. The lowest BCUT2D eigenvalue weighted by atomic mass is 10.1. The Kier molecular flexibility index (Phi) is 4.39.